The Bertz CT molecular complexity index is 656. The minimum Gasteiger partial charge on any atom is -0.478 e. The zero-order valence-corrected chi connectivity index (χ0v) is 13.1. The monoisotopic (exact) mass is 353 g/mol. The van der Waals surface area contributed by atoms with E-state index < -0.39 is 16.0 Å². The van der Waals surface area contributed by atoms with E-state index in [9.17, 15) is 13.2 Å². The zero-order chi connectivity index (χ0) is 15.6. The lowest BCUT2D eigenvalue weighted by Crippen LogP contribution is -2.32. The Morgan fingerprint density at radius 1 is 1.43 bits per heavy atom. The molecule has 1 aromatic rings. The molecule has 0 aromatic heterocycles. The number of carbonyl (C=O) groups is 1. The summed E-state index contributed by atoms with van der Waals surface area (Å²) in [5.74, 6) is -1.35. The fraction of sp³-hybridized carbons (Fsp3) is 0.417. The second-order valence-corrected chi connectivity index (χ2v) is 7.11. The third-order valence-electron chi connectivity index (χ3n) is 3.05. The largest absolute Gasteiger partial charge is 0.478 e. The van der Waals surface area contributed by atoms with Gasteiger partial charge in [0.1, 0.15) is 4.90 Å². The van der Waals surface area contributed by atoms with Crippen molar-refractivity contribution in [1.29, 1.82) is 0 Å². The number of hydrogen-bond acceptors (Lipinski definition) is 4. The van der Waals surface area contributed by atoms with Crippen LogP contribution in [0.2, 0.25) is 10.0 Å². The van der Waals surface area contributed by atoms with Crippen LogP contribution in [0, 0.1) is 0 Å². The summed E-state index contributed by atoms with van der Waals surface area (Å²) >= 11 is 11.6. The van der Waals surface area contributed by atoms with Gasteiger partial charge in [-0.05, 0) is 25.0 Å². The maximum atomic E-state index is 12.2. The summed E-state index contributed by atoms with van der Waals surface area (Å²) in [7, 11) is -3.97. The van der Waals surface area contributed by atoms with Crippen LogP contribution in [-0.4, -0.2) is 38.7 Å². The van der Waals surface area contributed by atoms with Crippen molar-refractivity contribution in [3.63, 3.8) is 0 Å². The Balaban J connectivity index is 2.28. The summed E-state index contributed by atoms with van der Waals surface area (Å²) in [6, 6.07) is 2.22. The smallest absolute Gasteiger partial charge is 0.337 e. The maximum Gasteiger partial charge on any atom is 0.337 e. The van der Waals surface area contributed by atoms with Crippen LogP contribution in [-0.2, 0) is 14.8 Å². The molecule has 1 atom stereocenters. The van der Waals surface area contributed by atoms with Gasteiger partial charge in [-0.25, -0.2) is 17.9 Å². The van der Waals surface area contributed by atoms with Crippen molar-refractivity contribution in [2.75, 3.05) is 13.2 Å². The summed E-state index contributed by atoms with van der Waals surface area (Å²) in [6.07, 6.45) is 1.47. The fourth-order valence-electron chi connectivity index (χ4n) is 2.00. The number of benzene rings is 1. The molecule has 1 aliphatic rings. The molecule has 21 heavy (non-hydrogen) atoms. The summed E-state index contributed by atoms with van der Waals surface area (Å²) in [5, 5.41) is 8.62. The first kappa shape index (κ1) is 16.5. The van der Waals surface area contributed by atoms with Gasteiger partial charge in [0, 0.05) is 18.2 Å². The van der Waals surface area contributed by atoms with Gasteiger partial charge in [-0.2, -0.15) is 0 Å². The van der Waals surface area contributed by atoms with Crippen molar-refractivity contribution < 1.29 is 23.1 Å². The summed E-state index contributed by atoms with van der Waals surface area (Å²) in [5.41, 5.74) is -0.360. The number of carboxylic acids is 1. The van der Waals surface area contributed by atoms with Crippen molar-refractivity contribution in [3.8, 4) is 0 Å². The van der Waals surface area contributed by atoms with Gasteiger partial charge in [-0.15, -0.1) is 0 Å². The molecule has 1 aromatic carbocycles. The lowest BCUT2D eigenvalue weighted by Gasteiger charge is -2.13. The normalized spacial score (nSPS) is 18.9. The first-order chi connectivity index (χ1) is 9.81. The second-order valence-electron chi connectivity index (χ2n) is 4.56. The molecular formula is C12H13Cl2NO5S. The van der Waals surface area contributed by atoms with Crippen LogP contribution >= 0.6 is 23.2 Å². The van der Waals surface area contributed by atoms with Crippen LogP contribution in [0.3, 0.4) is 0 Å². The second kappa shape index (κ2) is 6.50. The number of nitrogens with one attached hydrogen (secondary N) is 1. The first-order valence-electron chi connectivity index (χ1n) is 6.15. The van der Waals surface area contributed by atoms with E-state index in [1.807, 2.05) is 0 Å². The molecule has 1 heterocycles. The van der Waals surface area contributed by atoms with Gasteiger partial charge < -0.3 is 9.84 Å². The van der Waals surface area contributed by atoms with E-state index in [4.69, 9.17) is 33.0 Å². The van der Waals surface area contributed by atoms with E-state index in [-0.39, 0.29) is 33.2 Å². The summed E-state index contributed by atoms with van der Waals surface area (Å²) < 4.78 is 32.2. The van der Waals surface area contributed by atoms with Crippen LogP contribution in [0.5, 0.6) is 0 Å². The standard InChI is InChI=1S/C12H13Cl2NO5S/c13-7-4-9(12(16)17)11(14)10(5-7)21(18,19)15-6-8-2-1-3-20-8/h4-5,8,15H,1-3,6H2,(H,16,17). The van der Waals surface area contributed by atoms with E-state index in [0.29, 0.717) is 6.61 Å². The quantitative estimate of drug-likeness (QED) is 0.845. The number of halogens is 2. The predicted molar refractivity (Wildman–Crippen MR) is 77.6 cm³/mol. The fourth-order valence-corrected chi connectivity index (χ4v) is 3.97. The first-order valence-corrected chi connectivity index (χ1v) is 8.39. The highest BCUT2D eigenvalue weighted by molar-refractivity contribution is 7.89. The number of aromatic carboxylic acids is 1. The minimum atomic E-state index is -3.97. The molecule has 0 aliphatic carbocycles. The van der Waals surface area contributed by atoms with Gasteiger partial charge in [0.05, 0.1) is 16.7 Å². The molecule has 6 nitrogen and oxygen atoms in total. The molecule has 116 valence electrons. The molecule has 9 heteroatoms. The highest BCUT2D eigenvalue weighted by Gasteiger charge is 2.25. The van der Waals surface area contributed by atoms with E-state index in [1.165, 1.54) is 0 Å². The zero-order valence-electron chi connectivity index (χ0n) is 10.8. The lowest BCUT2D eigenvalue weighted by molar-refractivity contribution is 0.0697. The number of hydrogen-bond donors (Lipinski definition) is 2. The SMILES string of the molecule is O=C(O)c1cc(Cl)cc(S(=O)(=O)NCC2CCCO2)c1Cl. The van der Waals surface area contributed by atoms with Crippen molar-refractivity contribution in [2.45, 2.75) is 23.8 Å². The number of rotatable bonds is 5. The molecule has 2 rings (SSSR count). The number of ether oxygens (including phenoxy) is 1. The molecule has 0 bridgehead atoms. The lowest BCUT2D eigenvalue weighted by atomic mass is 10.2. The number of sulfonamides is 1. The third kappa shape index (κ3) is 3.87. The Morgan fingerprint density at radius 2 is 2.14 bits per heavy atom. The van der Waals surface area contributed by atoms with Crippen LogP contribution in [0.15, 0.2) is 17.0 Å². The average Bonchev–Trinajstić information content (AvgIpc) is 2.91. The van der Waals surface area contributed by atoms with Crippen molar-refractivity contribution in [2.24, 2.45) is 0 Å². The molecule has 0 amide bonds. The topological polar surface area (TPSA) is 92.7 Å². The van der Waals surface area contributed by atoms with Crippen molar-refractivity contribution in [1.82, 2.24) is 4.72 Å². The van der Waals surface area contributed by atoms with Gasteiger partial charge in [0.25, 0.3) is 0 Å². The molecule has 0 spiro atoms. The Morgan fingerprint density at radius 3 is 2.71 bits per heavy atom. The minimum absolute atomic E-state index is 0.0192. The van der Waals surface area contributed by atoms with Gasteiger partial charge in [-0.1, -0.05) is 23.2 Å². The highest BCUT2D eigenvalue weighted by Crippen LogP contribution is 2.29. The Labute approximate surface area is 132 Å². The van der Waals surface area contributed by atoms with Crippen LogP contribution < -0.4 is 4.72 Å². The molecular weight excluding hydrogens is 341 g/mol. The molecule has 1 saturated heterocycles. The Kier molecular flexibility index (Phi) is 5.11. The Hall–Kier alpha value is -0.860. The van der Waals surface area contributed by atoms with Gasteiger partial charge in [0.2, 0.25) is 10.0 Å². The maximum absolute atomic E-state index is 12.2. The van der Waals surface area contributed by atoms with E-state index in [2.05, 4.69) is 4.72 Å². The number of carboxylic acid groups (broad SMARTS) is 1. The summed E-state index contributed by atoms with van der Waals surface area (Å²) in [4.78, 5) is 10.7. The van der Waals surface area contributed by atoms with E-state index in [1.54, 1.807) is 0 Å². The van der Waals surface area contributed by atoms with Gasteiger partial charge >= 0.3 is 5.97 Å². The molecule has 2 N–H and O–H groups in total. The third-order valence-corrected chi connectivity index (χ3v) is 5.23. The molecule has 1 aliphatic heterocycles. The van der Waals surface area contributed by atoms with Crippen LogP contribution in [0.4, 0.5) is 0 Å². The van der Waals surface area contributed by atoms with Gasteiger partial charge in [-0.3, -0.25) is 0 Å². The van der Waals surface area contributed by atoms with Crippen LogP contribution in [0.25, 0.3) is 0 Å². The predicted octanol–water partition coefficient (Wildman–Crippen LogP) is 2.15. The van der Waals surface area contributed by atoms with E-state index in [0.717, 1.165) is 25.0 Å². The molecule has 0 radical (unpaired) electrons. The summed E-state index contributed by atoms with van der Waals surface area (Å²) in [6.45, 7) is 0.709. The van der Waals surface area contributed by atoms with Crippen molar-refractivity contribution in [3.05, 3.63) is 27.7 Å². The van der Waals surface area contributed by atoms with Gasteiger partial charge in [0.15, 0.2) is 0 Å². The van der Waals surface area contributed by atoms with Crippen molar-refractivity contribution >= 4 is 39.2 Å². The van der Waals surface area contributed by atoms with Crippen LogP contribution in [0.1, 0.15) is 23.2 Å². The van der Waals surface area contributed by atoms with E-state index >= 15 is 0 Å². The molecule has 1 unspecified atom stereocenters. The highest BCUT2D eigenvalue weighted by atomic mass is 35.5. The molecule has 0 saturated carbocycles. The molecule has 1 fully saturated rings. The average molecular weight is 354 g/mol.